The Kier molecular flexibility index (Phi) is 4.57. The van der Waals surface area contributed by atoms with Gasteiger partial charge >= 0.3 is 0 Å². The van der Waals surface area contributed by atoms with E-state index >= 15 is 0 Å². The molecule has 0 spiro atoms. The Morgan fingerprint density at radius 2 is 1.46 bits per heavy atom. The molecule has 5 rings (SSSR count). The van der Waals surface area contributed by atoms with Crippen molar-refractivity contribution in [2.24, 2.45) is 23.2 Å². The lowest BCUT2D eigenvalue weighted by atomic mass is 9.49. The molecule has 0 aromatic heterocycles. The molecule has 0 atom stereocenters. The lowest BCUT2D eigenvalue weighted by molar-refractivity contribution is -0.146. The van der Waals surface area contributed by atoms with Gasteiger partial charge in [0.05, 0.1) is 0 Å². The number of hydrogen-bond donors (Lipinski definition) is 2. The van der Waals surface area contributed by atoms with Gasteiger partial charge in [-0.2, -0.15) is 0 Å². The first-order chi connectivity index (χ1) is 11.6. The molecule has 2 N–H and O–H groups in total. The summed E-state index contributed by atoms with van der Waals surface area (Å²) in [4.78, 5) is 24.9. The van der Waals surface area contributed by atoms with E-state index in [0.29, 0.717) is 19.0 Å². The van der Waals surface area contributed by atoms with Crippen molar-refractivity contribution in [3.05, 3.63) is 0 Å². The van der Waals surface area contributed by atoms with E-state index in [4.69, 9.17) is 0 Å². The SMILES string of the molecule is O=C(CCNC(=O)C12CC3CC(CC(C3)C1)C2)NC1CCCCC1. The second-order valence-electron chi connectivity index (χ2n) is 9.11. The predicted octanol–water partition coefficient (Wildman–Crippen LogP) is 3.16. The molecule has 5 aliphatic rings. The molecular formula is C20H32N2O2. The predicted molar refractivity (Wildman–Crippen MR) is 93.2 cm³/mol. The van der Waals surface area contributed by atoms with Crippen LogP contribution in [0, 0.1) is 23.2 Å². The van der Waals surface area contributed by atoms with Gasteiger partial charge in [0.1, 0.15) is 0 Å². The Bertz CT molecular complexity index is 461. The second kappa shape index (κ2) is 6.68. The summed E-state index contributed by atoms with van der Waals surface area (Å²) in [5, 5.41) is 6.25. The van der Waals surface area contributed by atoms with Crippen molar-refractivity contribution in [1.29, 1.82) is 0 Å². The van der Waals surface area contributed by atoms with E-state index in [1.165, 1.54) is 38.5 Å². The topological polar surface area (TPSA) is 58.2 Å². The molecule has 134 valence electrons. The van der Waals surface area contributed by atoms with E-state index in [2.05, 4.69) is 10.6 Å². The van der Waals surface area contributed by atoms with Crippen LogP contribution >= 0.6 is 0 Å². The quantitative estimate of drug-likeness (QED) is 0.812. The van der Waals surface area contributed by atoms with Crippen LogP contribution < -0.4 is 10.6 Å². The summed E-state index contributed by atoms with van der Waals surface area (Å²) < 4.78 is 0. The first kappa shape index (κ1) is 16.4. The maximum Gasteiger partial charge on any atom is 0.226 e. The third-order valence-corrected chi connectivity index (χ3v) is 7.13. The number of hydrogen-bond acceptors (Lipinski definition) is 2. The molecule has 0 heterocycles. The molecule has 0 aromatic rings. The summed E-state index contributed by atoms with van der Waals surface area (Å²) >= 11 is 0. The summed E-state index contributed by atoms with van der Waals surface area (Å²) in [6, 6.07) is 0.366. The standard InChI is InChI=1S/C20H32N2O2/c23-18(22-17-4-2-1-3-5-17)6-7-21-19(24)20-11-14-8-15(12-20)10-16(9-14)13-20/h14-17H,1-13H2,(H,21,24)(H,22,23). The Morgan fingerprint density at radius 1 is 0.875 bits per heavy atom. The van der Waals surface area contributed by atoms with Gasteiger partial charge in [0, 0.05) is 24.4 Å². The van der Waals surface area contributed by atoms with Gasteiger partial charge in [-0.3, -0.25) is 9.59 Å². The molecule has 5 aliphatic carbocycles. The minimum Gasteiger partial charge on any atom is -0.355 e. The van der Waals surface area contributed by atoms with E-state index in [-0.39, 0.29) is 17.2 Å². The van der Waals surface area contributed by atoms with E-state index in [0.717, 1.165) is 49.9 Å². The van der Waals surface area contributed by atoms with Crippen molar-refractivity contribution in [1.82, 2.24) is 10.6 Å². The maximum atomic E-state index is 12.8. The zero-order chi connectivity index (χ0) is 16.6. The fourth-order valence-corrected chi connectivity index (χ4v) is 6.41. The second-order valence-corrected chi connectivity index (χ2v) is 9.11. The Hall–Kier alpha value is -1.06. The van der Waals surface area contributed by atoms with Gasteiger partial charge < -0.3 is 10.6 Å². The number of carbonyl (C=O) groups excluding carboxylic acids is 2. The molecule has 0 saturated heterocycles. The molecule has 4 nitrogen and oxygen atoms in total. The van der Waals surface area contributed by atoms with Crippen LogP contribution in [0.2, 0.25) is 0 Å². The Labute approximate surface area is 145 Å². The molecule has 0 aromatic carbocycles. The largest absolute Gasteiger partial charge is 0.355 e. The van der Waals surface area contributed by atoms with Crippen LogP contribution in [0.25, 0.3) is 0 Å². The number of carbonyl (C=O) groups is 2. The summed E-state index contributed by atoms with van der Waals surface area (Å²) in [7, 11) is 0. The highest BCUT2D eigenvalue weighted by Gasteiger charge is 2.54. The first-order valence-corrected chi connectivity index (χ1v) is 10.2. The van der Waals surface area contributed by atoms with E-state index in [1.54, 1.807) is 0 Å². The fourth-order valence-electron chi connectivity index (χ4n) is 6.41. The molecule has 4 bridgehead atoms. The van der Waals surface area contributed by atoms with Crippen LogP contribution in [0.5, 0.6) is 0 Å². The minimum absolute atomic E-state index is 0.0887. The smallest absolute Gasteiger partial charge is 0.226 e. The normalized spacial score (nSPS) is 38.1. The maximum absolute atomic E-state index is 12.8. The van der Waals surface area contributed by atoms with E-state index < -0.39 is 0 Å². The highest BCUT2D eigenvalue weighted by molar-refractivity contribution is 5.84. The Morgan fingerprint density at radius 3 is 2.04 bits per heavy atom. The highest BCUT2D eigenvalue weighted by Crippen LogP contribution is 2.60. The van der Waals surface area contributed by atoms with Gasteiger partial charge in [0.2, 0.25) is 11.8 Å². The highest BCUT2D eigenvalue weighted by atomic mass is 16.2. The van der Waals surface area contributed by atoms with Gasteiger partial charge in [-0.05, 0) is 69.1 Å². The van der Waals surface area contributed by atoms with E-state index in [9.17, 15) is 9.59 Å². The lowest BCUT2D eigenvalue weighted by Gasteiger charge is -2.55. The van der Waals surface area contributed by atoms with Crippen molar-refractivity contribution < 1.29 is 9.59 Å². The van der Waals surface area contributed by atoms with Crippen LogP contribution in [-0.2, 0) is 9.59 Å². The molecule has 0 radical (unpaired) electrons. The summed E-state index contributed by atoms with van der Waals surface area (Å²) in [5.74, 6) is 2.71. The minimum atomic E-state index is -0.0887. The van der Waals surface area contributed by atoms with Crippen LogP contribution in [0.4, 0.5) is 0 Å². The average molecular weight is 332 g/mol. The van der Waals surface area contributed by atoms with E-state index in [1.807, 2.05) is 0 Å². The van der Waals surface area contributed by atoms with Gasteiger partial charge in [-0.15, -0.1) is 0 Å². The zero-order valence-electron chi connectivity index (χ0n) is 14.8. The third-order valence-electron chi connectivity index (χ3n) is 7.13. The third kappa shape index (κ3) is 3.34. The van der Waals surface area contributed by atoms with Gasteiger partial charge in [-0.1, -0.05) is 19.3 Å². The Balaban J connectivity index is 1.23. The number of amides is 2. The van der Waals surface area contributed by atoms with Gasteiger partial charge in [0.15, 0.2) is 0 Å². The van der Waals surface area contributed by atoms with Crippen molar-refractivity contribution in [3.8, 4) is 0 Å². The van der Waals surface area contributed by atoms with Crippen molar-refractivity contribution >= 4 is 11.8 Å². The van der Waals surface area contributed by atoms with Crippen LogP contribution in [-0.4, -0.2) is 24.4 Å². The van der Waals surface area contributed by atoms with Gasteiger partial charge in [0.25, 0.3) is 0 Å². The van der Waals surface area contributed by atoms with Crippen molar-refractivity contribution in [3.63, 3.8) is 0 Å². The molecule has 24 heavy (non-hydrogen) atoms. The summed E-state index contributed by atoms with van der Waals surface area (Å²) in [6.45, 7) is 0.499. The molecule has 2 amide bonds. The van der Waals surface area contributed by atoms with Crippen molar-refractivity contribution in [2.45, 2.75) is 83.1 Å². The molecular weight excluding hydrogens is 300 g/mol. The summed E-state index contributed by atoms with van der Waals surface area (Å²) in [5.41, 5.74) is -0.0887. The first-order valence-electron chi connectivity index (χ1n) is 10.2. The number of rotatable bonds is 5. The molecule has 4 heteroatoms. The monoisotopic (exact) mass is 332 g/mol. The lowest BCUT2D eigenvalue weighted by Crippen LogP contribution is -2.53. The van der Waals surface area contributed by atoms with Crippen LogP contribution in [0.3, 0.4) is 0 Å². The zero-order valence-corrected chi connectivity index (χ0v) is 14.8. The molecule has 5 saturated carbocycles. The molecule has 5 fully saturated rings. The van der Waals surface area contributed by atoms with Crippen molar-refractivity contribution in [2.75, 3.05) is 6.54 Å². The number of nitrogens with one attached hydrogen (secondary N) is 2. The van der Waals surface area contributed by atoms with Crippen LogP contribution in [0.15, 0.2) is 0 Å². The van der Waals surface area contributed by atoms with Crippen LogP contribution in [0.1, 0.15) is 77.0 Å². The fraction of sp³-hybridized carbons (Fsp3) is 0.900. The molecule has 0 aliphatic heterocycles. The summed E-state index contributed by atoms with van der Waals surface area (Å²) in [6.07, 6.45) is 13.8. The molecule has 0 unspecified atom stereocenters. The average Bonchev–Trinajstić information content (AvgIpc) is 2.54. The van der Waals surface area contributed by atoms with Gasteiger partial charge in [-0.25, -0.2) is 0 Å².